The third-order valence-corrected chi connectivity index (χ3v) is 3.29. The quantitative estimate of drug-likeness (QED) is 0.643. The topological polar surface area (TPSA) is 81.7 Å². The van der Waals surface area contributed by atoms with Gasteiger partial charge in [0, 0.05) is 17.7 Å². The van der Waals surface area contributed by atoms with Crippen molar-refractivity contribution in [3.05, 3.63) is 59.7 Å². The maximum absolute atomic E-state index is 12.2. The maximum atomic E-state index is 12.2. The standard InChI is InChI=1S/C19H19NO5/c1-3-17(21)25-16-11-7-13(8-12-16)18(22)20-15-9-5-14(6-10-15)19(23)24-4-2/h5-12H,3-4H2,1-2H3,(H,20,22). The van der Waals surface area contributed by atoms with Crippen LogP contribution in [0.5, 0.6) is 5.75 Å². The average Bonchev–Trinajstić information content (AvgIpc) is 2.63. The molecule has 0 saturated carbocycles. The van der Waals surface area contributed by atoms with E-state index in [-0.39, 0.29) is 18.3 Å². The van der Waals surface area contributed by atoms with Crippen molar-refractivity contribution in [3.63, 3.8) is 0 Å². The highest BCUT2D eigenvalue weighted by Crippen LogP contribution is 2.16. The number of hydrogen-bond donors (Lipinski definition) is 1. The molecule has 1 amide bonds. The van der Waals surface area contributed by atoms with Gasteiger partial charge in [0.25, 0.3) is 5.91 Å². The molecule has 0 aliphatic heterocycles. The summed E-state index contributed by atoms with van der Waals surface area (Å²) in [7, 11) is 0. The first-order valence-electron chi connectivity index (χ1n) is 7.92. The SMILES string of the molecule is CCOC(=O)c1ccc(NC(=O)c2ccc(OC(=O)CC)cc2)cc1. The summed E-state index contributed by atoms with van der Waals surface area (Å²) in [5.41, 5.74) is 1.40. The van der Waals surface area contributed by atoms with Crippen molar-refractivity contribution in [2.45, 2.75) is 20.3 Å². The van der Waals surface area contributed by atoms with Gasteiger partial charge in [0.2, 0.25) is 0 Å². The minimum Gasteiger partial charge on any atom is -0.462 e. The second-order valence-electron chi connectivity index (χ2n) is 5.10. The summed E-state index contributed by atoms with van der Waals surface area (Å²) >= 11 is 0. The molecular weight excluding hydrogens is 322 g/mol. The molecule has 0 aromatic heterocycles. The Morgan fingerprint density at radius 1 is 0.880 bits per heavy atom. The Bertz CT molecular complexity index is 750. The Kier molecular flexibility index (Phi) is 6.28. The van der Waals surface area contributed by atoms with Crippen LogP contribution >= 0.6 is 0 Å². The van der Waals surface area contributed by atoms with Crippen LogP contribution in [0, 0.1) is 0 Å². The lowest BCUT2D eigenvalue weighted by Crippen LogP contribution is -2.12. The Balaban J connectivity index is 1.99. The van der Waals surface area contributed by atoms with E-state index in [4.69, 9.17) is 9.47 Å². The van der Waals surface area contributed by atoms with Crippen molar-refractivity contribution >= 4 is 23.5 Å². The van der Waals surface area contributed by atoms with Crippen LogP contribution in [-0.2, 0) is 9.53 Å². The molecule has 0 aliphatic carbocycles. The van der Waals surface area contributed by atoms with Crippen LogP contribution in [-0.4, -0.2) is 24.5 Å². The Labute approximate surface area is 145 Å². The van der Waals surface area contributed by atoms with E-state index in [9.17, 15) is 14.4 Å². The monoisotopic (exact) mass is 341 g/mol. The van der Waals surface area contributed by atoms with Gasteiger partial charge in [-0.25, -0.2) is 4.79 Å². The first-order chi connectivity index (χ1) is 12.0. The van der Waals surface area contributed by atoms with E-state index in [2.05, 4.69) is 5.32 Å². The van der Waals surface area contributed by atoms with Gasteiger partial charge in [-0.2, -0.15) is 0 Å². The number of ether oxygens (including phenoxy) is 2. The lowest BCUT2D eigenvalue weighted by atomic mass is 10.1. The van der Waals surface area contributed by atoms with Crippen LogP contribution < -0.4 is 10.1 Å². The molecule has 0 radical (unpaired) electrons. The molecule has 0 fully saturated rings. The number of esters is 2. The molecule has 0 atom stereocenters. The number of anilines is 1. The van der Waals surface area contributed by atoms with Crippen LogP contribution in [0.15, 0.2) is 48.5 Å². The maximum Gasteiger partial charge on any atom is 0.338 e. The second-order valence-corrected chi connectivity index (χ2v) is 5.10. The smallest absolute Gasteiger partial charge is 0.338 e. The van der Waals surface area contributed by atoms with Crippen molar-refractivity contribution < 1.29 is 23.9 Å². The number of hydrogen-bond acceptors (Lipinski definition) is 5. The largest absolute Gasteiger partial charge is 0.462 e. The molecule has 0 saturated heterocycles. The summed E-state index contributed by atoms with van der Waals surface area (Å²) in [5.74, 6) is -0.657. The van der Waals surface area contributed by atoms with Gasteiger partial charge < -0.3 is 14.8 Å². The van der Waals surface area contributed by atoms with Gasteiger partial charge in [0.1, 0.15) is 5.75 Å². The summed E-state index contributed by atoms with van der Waals surface area (Å²) < 4.78 is 9.96. The van der Waals surface area contributed by atoms with Crippen LogP contribution in [0.4, 0.5) is 5.69 Å². The molecule has 0 spiro atoms. The zero-order valence-corrected chi connectivity index (χ0v) is 14.1. The van der Waals surface area contributed by atoms with Crippen LogP contribution in [0.2, 0.25) is 0 Å². The highest BCUT2D eigenvalue weighted by Gasteiger charge is 2.09. The molecule has 130 valence electrons. The molecule has 0 bridgehead atoms. The Morgan fingerprint density at radius 2 is 1.48 bits per heavy atom. The number of benzene rings is 2. The predicted molar refractivity (Wildman–Crippen MR) is 92.7 cm³/mol. The van der Waals surface area contributed by atoms with Crippen molar-refractivity contribution in [1.29, 1.82) is 0 Å². The van der Waals surface area contributed by atoms with Gasteiger partial charge in [0.15, 0.2) is 0 Å². The molecule has 0 unspecified atom stereocenters. The molecule has 0 heterocycles. The lowest BCUT2D eigenvalue weighted by molar-refractivity contribution is -0.134. The summed E-state index contributed by atoms with van der Waals surface area (Å²) in [6.45, 7) is 3.75. The Hall–Kier alpha value is -3.15. The third kappa shape index (κ3) is 5.17. The molecule has 2 aromatic rings. The average molecular weight is 341 g/mol. The van der Waals surface area contributed by atoms with Crippen molar-refractivity contribution in [2.24, 2.45) is 0 Å². The second kappa shape index (κ2) is 8.63. The molecule has 6 nitrogen and oxygen atoms in total. The number of rotatable bonds is 6. The van der Waals surface area contributed by atoms with E-state index in [1.165, 1.54) is 0 Å². The van der Waals surface area contributed by atoms with E-state index >= 15 is 0 Å². The molecule has 25 heavy (non-hydrogen) atoms. The van der Waals surface area contributed by atoms with E-state index in [0.717, 1.165) is 0 Å². The minimum absolute atomic E-state index is 0.282. The lowest BCUT2D eigenvalue weighted by Gasteiger charge is -2.07. The molecule has 2 aromatic carbocycles. The number of carbonyl (C=O) groups is 3. The van der Waals surface area contributed by atoms with Gasteiger partial charge in [0.05, 0.1) is 12.2 Å². The number of carbonyl (C=O) groups excluding carboxylic acids is 3. The number of amides is 1. The zero-order valence-electron chi connectivity index (χ0n) is 14.1. The fourth-order valence-electron chi connectivity index (χ4n) is 1.99. The van der Waals surface area contributed by atoms with Crippen LogP contribution in [0.3, 0.4) is 0 Å². The van der Waals surface area contributed by atoms with Crippen molar-refractivity contribution in [3.8, 4) is 5.75 Å². The normalized spacial score (nSPS) is 10.0. The van der Waals surface area contributed by atoms with Gasteiger partial charge in [-0.1, -0.05) is 6.92 Å². The zero-order chi connectivity index (χ0) is 18.2. The summed E-state index contributed by atoms with van der Waals surface area (Å²) in [6, 6.07) is 12.7. The molecule has 6 heteroatoms. The van der Waals surface area contributed by atoms with Gasteiger partial charge in [-0.15, -0.1) is 0 Å². The molecule has 1 N–H and O–H groups in total. The highest BCUT2D eigenvalue weighted by molar-refractivity contribution is 6.04. The van der Waals surface area contributed by atoms with Crippen LogP contribution in [0.25, 0.3) is 0 Å². The fraction of sp³-hybridized carbons (Fsp3) is 0.211. The highest BCUT2D eigenvalue weighted by atomic mass is 16.5. The van der Waals surface area contributed by atoms with Crippen molar-refractivity contribution in [1.82, 2.24) is 0 Å². The predicted octanol–water partition coefficient (Wildman–Crippen LogP) is 3.43. The number of nitrogens with one attached hydrogen (secondary N) is 1. The summed E-state index contributed by atoms with van der Waals surface area (Å²) in [6.07, 6.45) is 0.282. The van der Waals surface area contributed by atoms with Crippen molar-refractivity contribution in [2.75, 3.05) is 11.9 Å². The molecular formula is C19H19NO5. The van der Waals surface area contributed by atoms with E-state index in [1.807, 2.05) is 0 Å². The molecule has 2 rings (SSSR count). The Morgan fingerprint density at radius 3 is 2.04 bits per heavy atom. The summed E-state index contributed by atoms with van der Waals surface area (Å²) in [4.78, 5) is 35.0. The minimum atomic E-state index is -0.405. The third-order valence-electron chi connectivity index (χ3n) is 3.29. The fourth-order valence-corrected chi connectivity index (χ4v) is 1.99. The molecule has 0 aliphatic rings. The first kappa shape index (κ1) is 18.2. The first-order valence-corrected chi connectivity index (χ1v) is 7.92. The van der Waals surface area contributed by atoms with Gasteiger partial charge >= 0.3 is 11.9 Å². The van der Waals surface area contributed by atoms with E-state index < -0.39 is 5.97 Å². The van der Waals surface area contributed by atoms with Crippen LogP contribution in [0.1, 0.15) is 41.0 Å². The van der Waals surface area contributed by atoms with E-state index in [0.29, 0.717) is 29.2 Å². The van der Waals surface area contributed by atoms with E-state index in [1.54, 1.807) is 62.4 Å². The van der Waals surface area contributed by atoms with Gasteiger partial charge in [-0.3, -0.25) is 9.59 Å². The van der Waals surface area contributed by atoms with Gasteiger partial charge in [-0.05, 0) is 55.5 Å². The summed E-state index contributed by atoms with van der Waals surface area (Å²) in [5, 5.41) is 2.73.